The second kappa shape index (κ2) is 5.85. The Balaban J connectivity index is 0.000000183. The van der Waals surface area contributed by atoms with Crippen LogP contribution in [0.2, 0.25) is 0 Å². The molecule has 0 bridgehead atoms. The van der Waals surface area contributed by atoms with Crippen LogP contribution in [-0.4, -0.2) is 16.1 Å². The van der Waals surface area contributed by atoms with Gasteiger partial charge in [0.2, 0.25) is 0 Å². The number of hydrogen-bond acceptors (Lipinski definition) is 3. The quantitative estimate of drug-likeness (QED) is 0.705. The highest BCUT2D eigenvalue weighted by Gasteiger charge is 1.99. The average molecular weight is 173 g/mol. The number of carboxylic acids is 1. The molecule has 1 rings (SSSR count). The molecule has 1 aromatic rings. The van der Waals surface area contributed by atoms with Crippen molar-refractivity contribution in [2.45, 2.75) is 13.8 Å². The highest BCUT2D eigenvalue weighted by molar-refractivity contribution is 7.07. The molecular weight excluding hydrogens is 162 g/mol. The molecule has 3 nitrogen and oxygen atoms in total. The first kappa shape index (κ1) is 10.1. The summed E-state index contributed by atoms with van der Waals surface area (Å²) in [5.41, 5.74) is 1.79. The number of hydrogen-bond donors (Lipinski definition) is 1. The van der Waals surface area contributed by atoms with Crippen LogP contribution in [0, 0.1) is 5.92 Å². The summed E-state index contributed by atoms with van der Waals surface area (Å²) in [4.78, 5) is 13.4. The topological polar surface area (TPSA) is 50.2 Å². The first-order valence-corrected chi connectivity index (χ1v) is 4.14. The Morgan fingerprint density at radius 2 is 2.18 bits per heavy atom. The maximum absolute atomic E-state index is 9.70. The van der Waals surface area contributed by atoms with Crippen LogP contribution in [0.15, 0.2) is 17.1 Å². The van der Waals surface area contributed by atoms with E-state index >= 15 is 0 Å². The van der Waals surface area contributed by atoms with E-state index in [0.717, 1.165) is 0 Å². The monoisotopic (exact) mass is 173 g/mol. The van der Waals surface area contributed by atoms with Gasteiger partial charge in [-0.2, -0.15) is 0 Å². The maximum atomic E-state index is 9.70. The second-order valence-corrected chi connectivity index (χ2v) is 2.92. The predicted molar refractivity (Wildman–Crippen MR) is 44.6 cm³/mol. The van der Waals surface area contributed by atoms with Crippen molar-refractivity contribution in [3.63, 3.8) is 0 Å². The highest BCUT2D eigenvalue weighted by Crippen LogP contribution is 1.87. The summed E-state index contributed by atoms with van der Waals surface area (Å²) in [6.45, 7) is 3.28. The summed E-state index contributed by atoms with van der Waals surface area (Å²) in [6, 6.07) is 0. The van der Waals surface area contributed by atoms with Gasteiger partial charge in [-0.05, 0) is 0 Å². The van der Waals surface area contributed by atoms with Crippen molar-refractivity contribution in [2.75, 3.05) is 0 Å². The van der Waals surface area contributed by atoms with Crippen LogP contribution in [0.25, 0.3) is 0 Å². The summed E-state index contributed by atoms with van der Waals surface area (Å²) in [6.07, 6.45) is 1.77. The van der Waals surface area contributed by atoms with Crippen LogP contribution >= 0.6 is 11.3 Å². The van der Waals surface area contributed by atoms with Gasteiger partial charge in [-0.25, -0.2) is 0 Å². The Kier molecular flexibility index (Phi) is 5.37. The fraction of sp³-hybridized carbons (Fsp3) is 0.429. The molecule has 0 radical (unpaired) electrons. The van der Waals surface area contributed by atoms with E-state index in [2.05, 4.69) is 4.98 Å². The Morgan fingerprint density at radius 1 is 1.64 bits per heavy atom. The molecule has 0 aliphatic rings. The van der Waals surface area contributed by atoms with Crippen LogP contribution in [0.3, 0.4) is 0 Å². The van der Waals surface area contributed by atoms with Crippen molar-refractivity contribution in [3.8, 4) is 0 Å². The smallest absolute Gasteiger partial charge is 0.305 e. The molecule has 4 heteroatoms. The Bertz CT molecular complexity index is 167. The van der Waals surface area contributed by atoms with E-state index in [1.807, 2.05) is 5.38 Å². The minimum absolute atomic E-state index is 0.231. The molecule has 0 amide bonds. The van der Waals surface area contributed by atoms with E-state index in [-0.39, 0.29) is 5.92 Å². The number of nitrogens with zero attached hydrogens (tertiary/aromatic N) is 1. The molecule has 0 spiro atoms. The number of aromatic nitrogens is 1. The zero-order chi connectivity index (χ0) is 8.69. The Morgan fingerprint density at radius 3 is 2.27 bits per heavy atom. The molecule has 0 aliphatic carbocycles. The lowest BCUT2D eigenvalue weighted by Crippen LogP contribution is -2.03. The molecular formula is C7H11NO2S. The van der Waals surface area contributed by atoms with Gasteiger partial charge in [-0.1, -0.05) is 13.8 Å². The van der Waals surface area contributed by atoms with E-state index < -0.39 is 5.97 Å². The number of rotatable bonds is 1. The first-order chi connectivity index (χ1) is 5.14. The van der Waals surface area contributed by atoms with Gasteiger partial charge in [0.15, 0.2) is 0 Å². The molecule has 1 aromatic heterocycles. The molecule has 11 heavy (non-hydrogen) atoms. The second-order valence-electron chi connectivity index (χ2n) is 2.17. The van der Waals surface area contributed by atoms with Gasteiger partial charge < -0.3 is 5.11 Å². The van der Waals surface area contributed by atoms with Crippen LogP contribution in [0.5, 0.6) is 0 Å². The van der Waals surface area contributed by atoms with E-state index in [4.69, 9.17) is 5.11 Å². The SMILES string of the molecule is CC(C)C(=O)O.c1cscn1. The van der Waals surface area contributed by atoms with Gasteiger partial charge in [0, 0.05) is 11.6 Å². The van der Waals surface area contributed by atoms with Crippen molar-refractivity contribution < 1.29 is 9.90 Å². The molecule has 0 saturated carbocycles. The van der Waals surface area contributed by atoms with Crippen molar-refractivity contribution >= 4 is 17.3 Å². The number of thiazole rings is 1. The van der Waals surface area contributed by atoms with Gasteiger partial charge >= 0.3 is 5.97 Å². The van der Waals surface area contributed by atoms with Crippen LogP contribution in [0.4, 0.5) is 0 Å². The van der Waals surface area contributed by atoms with E-state index in [9.17, 15) is 4.79 Å². The largest absolute Gasteiger partial charge is 0.481 e. The van der Waals surface area contributed by atoms with E-state index in [0.29, 0.717) is 0 Å². The van der Waals surface area contributed by atoms with Crippen molar-refractivity contribution in [2.24, 2.45) is 5.92 Å². The maximum Gasteiger partial charge on any atom is 0.305 e. The fourth-order valence-corrected chi connectivity index (χ4v) is 0.527. The molecule has 0 saturated heterocycles. The third kappa shape index (κ3) is 6.99. The highest BCUT2D eigenvalue weighted by atomic mass is 32.1. The summed E-state index contributed by atoms with van der Waals surface area (Å²) in [5.74, 6) is -0.972. The molecule has 0 unspecified atom stereocenters. The molecule has 62 valence electrons. The standard InChI is InChI=1S/C4H8O2.C3H3NS/c1-3(2)4(5)6;1-2-5-3-4-1/h3H,1-2H3,(H,5,6);1-3H. The lowest BCUT2D eigenvalue weighted by molar-refractivity contribution is -0.140. The number of aliphatic carboxylic acids is 1. The van der Waals surface area contributed by atoms with Crippen LogP contribution in [0.1, 0.15) is 13.8 Å². The zero-order valence-corrected chi connectivity index (χ0v) is 7.34. The minimum Gasteiger partial charge on any atom is -0.481 e. The molecule has 0 aliphatic heterocycles. The molecule has 0 fully saturated rings. The molecule has 0 atom stereocenters. The lowest BCUT2D eigenvalue weighted by atomic mass is 10.2. The normalized spacial score (nSPS) is 8.64. The summed E-state index contributed by atoms with van der Waals surface area (Å²) >= 11 is 1.60. The van der Waals surface area contributed by atoms with E-state index in [1.54, 1.807) is 36.9 Å². The van der Waals surface area contributed by atoms with E-state index in [1.165, 1.54) is 0 Å². The zero-order valence-electron chi connectivity index (χ0n) is 6.52. The fourth-order valence-electron chi connectivity index (χ4n) is 0.176. The van der Waals surface area contributed by atoms with Gasteiger partial charge in [0.1, 0.15) is 0 Å². The Labute approximate surface area is 69.7 Å². The average Bonchev–Trinajstić information content (AvgIpc) is 2.41. The van der Waals surface area contributed by atoms with Gasteiger partial charge in [0.25, 0.3) is 0 Å². The van der Waals surface area contributed by atoms with Crippen molar-refractivity contribution in [1.82, 2.24) is 4.98 Å². The molecule has 1 heterocycles. The summed E-state index contributed by atoms with van der Waals surface area (Å²) in [7, 11) is 0. The third-order valence-corrected chi connectivity index (χ3v) is 1.36. The summed E-state index contributed by atoms with van der Waals surface area (Å²) < 4.78 is 0. The van der Waals surface area contributed by atoms with Crippen molar-refractivity contribution in [3.05, 3.63) is 17.1 Å². The summed E-state index contributed by atoms with van der Waals surface area (Å²) in [5, 5.41) is 9.92. The van der Waals surface area contributed by atoms with Gasteiger partial charge in [-0.3, -0.25) is 9.78 Å². The minimum atomic E-state index is -0.741. The lowest BCUT2D eigenvalue weighted by Gasteiger charge is -1.89. The van der Waals surface area contributed by atoms with Crippen LogP contribution in [-0.2, 0) is 4.79 Å². The number of carbonyl (C=O) groups is 1. The van der Waals surface area contributed by atoms with Crippen LogP contribution < -0.4 is 0 Å². The van der Waals surface area contributed by atoms with Gasteiger partial charge in [-0.15, -0.1) is 11.3 Å². The number of carboxylic acid groups (broad SMARTS) is 1. The first-order valence-electron chi connectivity index (χ1n) is 3.19. The van der Waals surface area contributed by atoms with Crippen molar-refractivity contribution in [1.29, 1.82) is 0 Å². The Hall–Kier alpha value is -0.900. The van der Waals surface area contributed by atoms with Gasteiger partial charge in [0.05, 0.1) is 11.4 Å². The third-order valence-electron chi connectivity index (χ3n) is 0.841. The molecule has 0 aromatic carbocycles. The molecule has 1 N–H and O–H groups in total. The predicted octanol–water partition coefficient (Wildman–Crippen LogP) is 1.87.